The first-order valence-electron chi connectivity index (χ1n) is 5.89. The van der Waals surface area contributed by atoms with Gasteiger partial charge in [0.25, 0.3) is 5.96 Å². The number of hydrogen-bond acceptors (Lipinski definition) is 4. The Labute approximate surface area is 111 Å². The molecule has 1 heterocycles. The third-order valence-electron chi connectivity index (χ3n) is 2.75. The molecule has 96 valence electrons. The van der Waals surface area contributed by atoms with Crippen LogP contribution in [0.25, 0.3) is 0 Å². The number of nitrogens with one attached hydrogen (secondary N) is 1. The Bertz CT molecular complexity index is 492. The summed E-state index contributed by atoms with van der Waals surface area (Å²) in [6.45, 7) is 2.10. The molecule has 5 nitrogen and oxygen atoms in total. The molecular formula is C12H17ClN5+. The van der Waals surface area contributed by atoms with E-state index in [9.17, 15) is 0 Å². The molecule has 1 atom stereocenters. The highest BCUT2D eigenvalue weighted by atomic mass is 35.5. The van der Waals surface area contributed by atoms with Crippen LogP contribution in [0, 0.1) is 0 Å². The van der Waals surface area contributed by atoms with Crippen LogP contribution in [0.1, 0.15) is 19.8 Å². The number of halogens is 1. The first-order valence-corrected chi connectivity index (χ1v) is 6.27. The average molecular weight is 267 g/mol. The SMILES string of the molecule is CCCC1N=C(N)NC(N)=[N+]1c1ccc(Cl)cc1. The van der Waals surface area contributed by atoms with E-state index in [0.29, 0.717) is 16.9 Å². The number of aliphatic imine (C=N–C) groups is 1. The highest BCUT2D eigenvalue weighted by Crippen LogP contribution is 2.21. The van der Waals surface area contributed by atoms with Crippen LogP contribution in [0.15, 0.2) is 29.3 Å². The van der Waals surface area contributed by atoms with Crippen LogP contribution in [-0.2, 0) is 0 Å². The lowest BCUT2D eigenvalue weighted by Gasteiger charge is -2.22. The predicted octanol–water partition coefficient (Wildman–Crippen LogP) is 1.34. The summed E-state index contributed by atoms with van der Waals surface area (Å²) in [5, 5.41) is 3.54. The number of nitrogens with two attached hydrogens (primary N) is 2. The van der Waals surface area contributed by atoms with Crippen LogP contribution in [0.3, 0.4) is 0 Å². The second kappa shape index (κ2) is 5.27. The third kappa shape index (κ3) is 2.56. The fourth-order valence-corrected chi connectivity index (χ4v) is 2.09. The molecule has 5 N–H and O–H groups in total. The molecule has 1 aliphatic heterocycles. The standard InChI is InChI=1S/C12H16ClN5/c1-2-3-10-16-11(14)17-12(15)18(10)9-6-4-8(13)5-7-9/h4-7,10H,2-3H2,1H3,(H4,14,15,16,17)/p+1. The minimum atomic E-state index is -0.0718. The lowest BCUT2D eigenvalue weighted by Crippen LogP contribution is -2.52. The molecule has 0 fully saturated rings. The Kier molecular flexibility index (Phi) is 3.72. The third-order valence-corrected chi connectivity index (χ3v) is 3.01. The van der Waals surface area contributed by atoms with Gasteiger partial charge in [-0.15, -0.1) is 0 Å². The summed E-state index contributed by atoms with van der Waals surface area (Å²) in [5.41, 5.74) is 12.6. The summed E-state index contributed by atoms with van der Waals surface area (Å²) in [4.78, 5) is 4.38. The largest absolute Gasteiger partial charge is 0.357 e. The number of hydrogen-bond donors (Lipinski definition) is 3. The molecule has 1 aromatic rings. The Morgan fingerprint density at radius 3 is 2.61 bits per heavy atom. The van der Waals surface area contributed by atoms with Gasteiger partial charge in [0.2, 0.25) is 0 Å². The average Bonchev–Trinajstić information content (AvgIpc) is 2.31. The molecular weight excluding hydrogens is 250 g/mol. The van der Waals surface area contributed by atoms with Gasteiger partial charge in [0, 0.05) is 11.4 Å². The molecule has 2 rings (SSSR count). The quantitative estimate of drug-likeness (QED) is 0.723. The second-order valence-corrected chi connectivity index (χ2v) is 4.58. The van der Waals surface area contributed by atoms with E-state index in [4.69, 9.17) is 23.1 Å². The van der Waals surface area contributed by atoms with Crippen LogP contribution in [-0.4, -0.2) is 22.7 Å². The number of guanidine groups is 2. The molecule has 0 bridgehead atoms. The maximum absolute atomic E-state index is 6.00. The molecule has 1 unspecified atom stereocenters. The van der Waals surface area contributed by atoms with Gasteiger partial charge in [-0.2, -0.15) is 4.99 Å². The van der Waals surface area contributed by atoms with Gasteiger partial charge in [0.05, 0.1) is 0 Å². The van der Waals surface area contributed by atoms with Gasteiger partial charge in [0.15, 0.2) is 6.17 Å². The van der Waals surface area contributed by atoms with Crippen LogP contribution >= 0.6 is 11.6 Å². The van der Waals surface area contributed by atoms with E-state index in [1.165, 1.54) is 0 Å². The molecule has 0 saturated heterocycles. The Morgan fingerprint density at radius 2 is 2.00 bits per heavy atom. The van der Waals surface area contributed by atoms with E-state index in [0.717, 1.165) is 18.5 Å². The summed E-state index contributed by atoms with van der Waals surface area (Å²) < 4.78 is 1.93. The van der Waals surface area contributed by atoms with Crippen molar-refractivity contribution in [2.45, 2.75) is 25.9 Å². The van der Waals surface area contributed by atoms with Gasteiger partial charge in [-0.1, -0.05) is 24.9 Å². The van der Waals surface area contributed by atoms with Crippen molar-refractivity contribution in [1.82, 2.24) is 5.32 Å². The van der Waals surface area contributed by atoms with Gasteiger partial charge in [-0.05, 0) is 24.3 Å². The van der Waals surface area contributed by atoms with Gasteiger partial charge in [-0.3, -0.25) is 5.73 Å². The van der Waals surface area contributed by atoms with Crippen molar-refractivity contribution in [1.29, 1.82) is 0 Å². The molecule has 18 heavy (non-hydrogen) atoms. The van der Waals surface area contributed by atoms with E-state index >= 15 is 0 Å². The van der Waals surface area contributed by atoms with E-state index in [1.807, 2.05) is 28.8 Å². The zero-order chi connectivity index (χ0) is 13.1. The fraction of sp³-hybridized carbons (Fsp3) is 0.333. The lowest BCUT2D eigenvalue weighted by molar-refractivity contribution is -0.488. The predicted molar refractivity (Wildman–Crippen MR) is 74.0 cm³/mol. The van der Waals surface area contributed by atoms with Gasteiger partial charge >= 0.3 is 5.96 Å². The normalized spacial score (nSPS) is 19.4. The zero-order valence-corrected chi connectivity index (χ0v) is 11.0. The summed E-state index contributed by atoms with van der Waals surface area (Å²) in [7, 11) is 0. The van der Waals surface area contributed by atoms with Crippen LogP contribution < -0.4 is 16.8 Å². The Hall–Kier alpha value is -1.75. The molecule has 6 heteroatoms. The van der Waals surface area contributed by atoms with Crippen molar-refractivity contribution in [3.05, 3.63) is 29.3 Å². The topological polar surface area (TPSA) is 79.4 Å². The maximum atomic E-state index is 6.00. The molecule has 1 aliphatic rings. The molecule has 1 aromatic carbocycles. The minimum Gasteiger partial charge on any atom is -0.357 e. The van der Waals surface area contributed by atoms with Crippen molar-refractivity contribution in [2.75, 3.05) is 0 Å². The molecule has 0 spiro atoms. The van der Waals surface area contributed by atoms with Crippen LogP contribution in [0.5, 0.6) is 0 Å². The monoisotopic (exact) mass is 266 g/mol. The Balaban J connectivity index is 2.39. The molecule has 0 aliphatic carbocycles. The molecule has 0 radical (unpaired) electrons. The van der Waals surface area contributed by atoms with E-state index in [-0.39, 0.29) is 6.17 Å². The summed E-state index contributed by atoms with van der Waals surface area (Å²) in [6, 6.07) is 7.48. The number of nitrogens with zero attached hydrogens (tertiary/aromatic N) is 2. The van der Waals surface area contributed by atoms with Crippen molar-refractivity contribution in [2.24, 2.45) is 16.5 Å². The van der Waals surface area contributed by atoms with Gasteiger partial charge in [0.1, 0.15) is 5.69 Å². The second-order valence-electron chi connectivity index (χ2n) is 4.14. The van der Waals surface area contributed by atoms with E-state index in [2.05, 4.69) is 17.2 Å². The highest BCUT2D eigenvalue weighted by Gasteiger charge is 2.26. The fourth-order valence-electron chi connectivity index (χ4n) is 1.97. The van der Waals surface area contributed by atoms with Crippen molar-refractivity contribution in [3.63, 3.8) is 0 Å². The molecule has 0 aromatic heterocycles. The summed E-state index contributed by atoms with van der Waals surface area (Å²) in [5.74, 6) is 0.847. The first kappa shape index (κ1) is 12.7. The van der Waals surface area contributed by atoms with Gasteiger partial charge < -0.3 is 5.73 Å². The number of benzene rings is 1. The highest BCUT2D eigenvalue weighted by molar-refractivity contribution is 6.30. The number of rotatable bonds is 3. The van der Waals surface area contributed by atoms with Crippen LogP contribution in [0.4, 0.5) is 5.69 Å². The smallest absolute Gasteiger partial charge is 0.357 e. The van der Waals surface area contributed by atoms with Gasteiger partial charge in [-0.25, -0.2) is 9.89 Å². The molecule has 0 saturated carbocycles. The van der Waals surface area contributed by atoms with Crippen LogP contribution in [0.2, 0.25) is 5.02 Å². The van der Waals surface area contributed by atoms with E-state index in [1.54, 1.807) is 0 Å². The lowest BCUT2D eigenvalue weighted by atomic mass is 10.2. The van der Waals surface area contributed by atoms with Crippen molar-refractivity contribution >= 4 is 29.2 Å². The van der Waals surface area contributed by atoms with E-state index < -0.39 is 0 Å². The first-order chi connectivity index (χ1) is 8.61. The Morgan fingerprint density at radius 1 is 1.33 bits per heavy atom. The minimum absolute atomic E-state index is 0.0718. The summed E-state index contributed by atoms with van der Waals surface area (Å²) in [6.07, 6.45) is 1.81. The summed E-state index contributed by atoms with van der Waals surface area (Å²) >= 11 is 5.89. The van der Waals surface area contributed by atoms with Crippen molar-refractivity contribution in [3.8, 4) is 0 Å². The van der Waals surface area contributed by atoms with Crippen molar-refractivity contribution < 1.29 is 4.58 Å². The molecule has 0 amide bonds. The zero-order valence-electron chi connectivity index (χ0n) is 10.2. The maximum Gasteiger partial charge on any atom is 0.357 e.